The summed E-state index contributed by atoms with van der Waals surface area (Å²) < 4.78 is 11.3. The molecule has 0 saturated carbocycles. The van der Waals surface area contributed by atoms with Gasteiger partial charge >= 0.3 is 0 Å². The predicted molar refractivity (Wildman–Crippen MR) is 78.9 cm³/mol. The molecule has 3 heterocycles. The molecule has 0 bridgehead atoms. The van der Waals surface area contributed by atoms with E-state index in [1.165, 1.54) is 0 Å². The maximum Gasteiger partial charge on any atom is 0.122 e. The molecule has 2 aromatic heterocycles. The van der Waals surface area contributed by atoms with Gasteiger partial charge in [0.05, 0.1) is 25.8 Å². The first-order chi connectivity index (χ1) is 10.3. The van der Waals surface area contributed by atoms with Gasteiger partial charge in [-0.2, -0.15) is 0 Å². The van der Waals surface area contributed by atoms with Crippen LogP contribution in [0.4, 0.5) is 0 Å². The number of hydrogen-bond acceptors (Lipinski definition) is 5. The normalized spacial score (nSPS) is 18.0. The van der Waals surface area contributed by atoms with Crippen LogP contribution in [-0.2, 0) is 11.3 Å². The predicted octanol–water partition coefficient (Wildman–Crippen LogP) is 1.47. The Balaban J connectivity index is 1.63. The van der Waals surface area contributed by atoms with E-state index >= 15 is 0 Å². The zero-order chi connectivity index (χ0) is 14.5. The molecule has 1 atom stereocenters. The van der Waals surface area contributed by atoms with E-state index in [1.54, 1.807) is 6.20 Å². The first kappa shape index (κ1) is 14.3. The Hall–Kier alpha value is -1.63. The average molecular weight is 290 g/mol. The van der Waals surface area contributed by atoms with E-state index in [9.17, 15) is 0 Å². The highest BCUT2D eigenvalue weighted by Crippen LogP contribution is 2.23. The quantitative estimate of drug-likeness (QED) is 0.843. The average Bonchev–Trinajstić information content (AvgIpc) is 3.16. The SMILES string of the molecule is Cc1ccc(C(CNCc2ncc[nH]2)N2CCOCC2)o1. The van der Waals surface area contributed by atoms with Crippen molar-refractivity contribution in [2.24, 2.45) is 0 Å². The molecule has 0 spiro atoms. The first-order valence-electron chi connectivity index (χ1n) is 7.40. The van der Waals surface area contributed by atoms with E-state index in [4.69, 9.17) is 9.15 Å². The fraction of sp³-hybridized carbons (Fsp3) is 0.533. The van der Waals surface area contributed by atoms with Crippen molar-refractivity contribution >= 4 is 0 Å². The van der Waals surface area contributed by atoms with E-state index in [-0.39, 0.29) is 6.04 Å². The summed E-state index contributed by atoms with van der Waals surface area (Å²) in [5.74, 6) is 2.92. The molecule has 0 radical (unpaired) electrons. The second-order valence-corrected chi connectivity index (χ2v) is 5.28. The molecule has 1 aliphatic heterocycles. The van der Waals surface area contributed by atoms with E-state index in [2.05, 4.69) is 26.3 Å². The minimum Gasteiger partial charge on any atom is -0.465 e. The zero-order valence-electron chi connectivity index (χ0n) is 12.3. The molecule has 6 heteroatoms. The second-order valence-electron chi connectivity index (χ2n) is 5.28. The number of H-pyrrole nitrogens is 1. The van der Waals surface area contributed by atoms with Crippen LogP contribution in [-0.4, -0.2) is 47.7 Å². The standard InChI is InChI=1S/C15H22N4O2/c1-12-2-3-14(21-12)13(19-6-8-20-9-7-19)10-16-11-15-17-4-5-18-15/h2-5,13,16H,6-11H2,1H3,(H,17,18). The number of aromatic amines is 1. The Labute approximate surface area is 124 Å². The summed E-state index contributed by atoms with van der Waals surface area (Å²) >= 11 is 0. The number of imidazole rings is 1. The zero-order valence-corrected chi connectivity index (χ0v) is 12.3. The fourth-order valence-electron chi connectivity index (χ4n) is 2.65. The van der Waals surface area contributed by atoms with Crippen LogP contribution in [0.25, 0.3) is 0 Å². The Morgan fingerprint density at radius 3 is 2.90 bits per heavy atom. The number of aryl methyl sites for hydroxylation is 1. The van der Waals surface area contributed by atoms with Crippen LogP contribution < -0.4 is 5.32 Å². The lowest BCUT2D eigenvalue weighted by Crippen LogP contribution is -2.42. The number of hydrogen-bond donors (Lipinski definition) is 2. The van der Waals surface area contributed by atoms with E-state index in [0.29, 0.717) is 0 Å². The van der Waals surface area contributed by atoms with Crippen LogP contribution in [0.1, 0.15) is 23.4 Å². The molecule has 2 aromatic rings. The van der Waals surface area contributed by atoms with Crippen molar-refractivity contribution in [3.63, 3.8) is 0 Å². The summed E-state index contributed by atoms with van der Waals surface area (Å²) in [6.45, 7) is 6.99. The lowest BCUT2D eigenvalue weighted by molar-refractivity contribution is 0.0114. The van der Waals surface area contributed by atoms with Gasteiger partial charge in [-0.05, 0) is 19.1 Å². The number of ether oxygens (including phenoxy) is 1. The minimum atomic E-state index is 0.234. The molecule has 1 unspecified atom stereocenters. The van der Waals surface area contributed by atoms with Gasteiger partial charge in [-0.15, -0.1) is 0 Å². The molecule has 114 valence electrons. The van der Waals surface area contributed by atoms with Gasteiger partial charge < -0.3 is 19.5 Å². The molecule has 0 aromatic carbocycles. The third-order valence-corrected chi connectivity index (χ3v) is 3.76. The molecule has 1 aliphatic rings. The summed E-state index contributed by atoms with van der Waals surface area (Å²) in [5.41, 5.74) is 0. The molecule has 21 heavy (non-hydrogen) atoms. The van der Waals surface area contributed by atoms with E-state index < -0.39 is 0 Å². The van der Waals surface area contributed by atoms with Crippen molar-refractivity contribution < 1.29 is 9.15 Å². The van der Waals surface area contributed by atoms with Crippen molar-refractivity contribution in [2.75, 3.05) is 32.8 Å². The fourth-order valence-corrected chi connectivity index (χ4v) is 2.65. The van der Waals surface area contributed by atoms with Crippen molar-refractivity contribution in [3.8, 4) is 0 Å². The lowest BCUT2D eigenvalue weighted by Gasteiger charge is -2.33. The topological polar surface area (TPSA) is 66.3 Å². The number of rotatable bonds is 6. The number of nitrogens with one attached hydrogen (secondary N) is 2. The van der Waals surface area contributed by atoms with Crippen LogP contribution >= 0.6 is 0 Å². The van der Waals surface area contributed by atoms with Gasteiger partial charge in [-0.25, -0.2) is 4.98 Å². The van der Waals surface area contributed by atoms with Gasteiger partial charge in [0.25, 0.3) is 0 Å². The molecule has 2 N–H and O–H groups in total. The summed E-state index contributed by atoms with van der Waals surface area (Å²) in [7, 11) is 0. The molecule has 1 fully saturated rings. The molecule has 1 saturated heterocycles. The molecule has 3 rings (SSSR count). The van der Waals surface area contributed by atoms with E-state index in [1.807, 2.05) is 19.2 Å². The van der Waals surface area contributed by atoms with Crippen molar-refractivity contribution in [1.82, 2.24) is 20.2 Å². The number of nitrogens with zero attached hydrogens (tertiary/aromatic N) is 2. The van der Waals surface area contributed by atoms with Crippen molar-refractivity contribution in [2.45, 2.75) is 19.5 Å². The molecule has 0 amide bonds. The molecular formula is C15H22N4O2. The van der Waals surface area contributed by atoms with Gasteiger partial charge in [0.1, 0.15) is 17.3 Å². The monoisotopic (exact) mass is 290 g/mol. The summed E-state index contributed by atoms with van der Waals surface area (Å²) in [5, 5.41) is 3.46. The van der Waals surface area contributed by atoms with Crippen LogP contribution in [0.15, 0.2) is 28.9 Å². The second kappa shape index (κ2) is 6.89. The number of furan rings is 1. The van der Waals surface area contributed by atoms with Crippen molar-refractivity contribution in [1.29, 1.82) is 0 Å². The Morgan fingerprint density at radius 2 is 2.24 bits per heavy atom. The van der Waals surface area contributed by atoms with Crippen LogP contribution in [0.3, 0.4) is 0 Å². The highest BCUT2D eigenvalue weighted by Gasteiger charge is 2.24. The Bertz CT molecular complexity index is 532. The summed E-state index contributed by atoms with van der Waals surface area (Å²) in [4.78, 5) is 9.74. The summed E-state index contributed by atoms with van der Waals surface area (Å²) in [6.07, 6.45) is 3.61. The Morgan fingerprint density at radius 1 is 1.38 bits per heavy atom. The third kappa shape index (κ3) is 3.72. The number of morpholine rings is 1. The first-order valence-corrected chi connectivity index (χ1v) is 7.40. The highest BCUT2D eigenvalue weighted by molar-refractivity contribution is 5.11. The maximum atomic E-state index is 5.84. The smallest absolute Gasteiger partial charge is 0.122 e. The molecule has 0 aliphatic carbocycles. The number of aromatic nitrogens is 2. The maximum absolute atomic E-state index is 5.84. The van der Waals surface area contributed by atoms with Crippen molar-refractivity contribution in [3.05, 3.63) is 41.9 Å². The Kier molecular flexibility index (Phi) is 4.69. The third-order valence-electron chi connectivity index (χ3n) is 3.76. The molecular weight excluding hydrogens is 268 g/mol. The highest BCUT2D eigenvalue weighted by atomic mass is 16.5. The largest absolute Gasteiger partial charge is 0.465 e. The minimum absolute atomic E-state index is 0.234. The molecule has 6 nitrogen and oxygen atoms in total. The van der Waals surface area contributed by atoms with Crippen LogP contribution in [0.2, 0.25) is 0 Å². The van der Waals surface area contributed by atoms with Gasteiger partial charge in [0.15, 0.2) is 0 Å². The van der Waals surface area contributed by atoms with Gasteiger partial charge in [0, 0.05) is 32.0 Å². The van der Waals surface area contributed by atoms with Gasteiger partial charge in [0.2, 0.25) is 0 Å². The summed E-state index contributed by atoms with van der Waals surface area (Å²) in [6, 6.07) is 4.33. The van der Waals surface area contributed by atoms with Crippen LogP contribution in [0, 0.1) is 6.92 Å². The van der Waals surface area contributed by atoms with E-state index in [0.717, 1.165) is 56.7 Å². The van der Waals surface area contributed by atoms with Gasteiger partial charge in [-0.1, -0.05) is 0 Å². The van der Waals surface area contributed by atoms with Gasteiger partial charge in [-0.3, -0.25) is 4.90 Å². The lowest BCUT2D eigenvalue weighted by atomic mass is 10.1. The van der Waals surface area contributed by atoms with Crippen LogP contribution in [0.5, 0.6) is 0 Å².